The van der Waals surface area contributed by atoms with Crippen molar-refractivity contribution in [2.45, 2.75) is 30.6 Å². The minimum atomic E-state index is -4.36. The van der Waals surface area contributed by atoms with Crippen molar-refractivity contribution in [2.75, 3.05) is 5.73 Å². The fraction of sp³-hybridized carbons (Fsp3) is 0.0857. The number of anilines is 1. The SMILES string of the molecule is Cc1cc(-c2ccc(N=Nc3c(N)ccc4cc(S(=O)(=O)O)ccc34)c(C)c2)ccc1N=Nc1c(C)ccc2cc(S(=O)(=O)O)ccc12. The minimum absolute atomic E-state index is 0.187. The first kappa shape index (κ1) is 32.6. The molecule has 6 aromatic carbocycles. The Morgan fingerprint density at radius 1 is 0.500 bits per heavy atom. The molecular formula is C35H29N5O6S2. The van der Waals surface area contributed by atoms with Gasteiger partial charge in [-0.05, 0) is 114 Å². The molecule has 0 saturated carbocycles. The molecule has 0 aliphatic heterocycles. The van der Waals surface area contributed by atoms with Crippen molar-refractivity contribution in [2.24, 2.45) is 20.5 Å². The maximum absolute atomic E-state index is 11.6. The Hall–Kier alpha value is -5.34. The molecule has 4 N–H and O–H groups in total. The van der Waals surface area contributed by atoms with Crippen LogP contribution in [0.3, 0.4) is 0 Å². The fourth-order valence-corrected chi connectivity index (χ4v) is 6.41. The first-order valence-electron chi connectivity index (χ1n) is 14.5. The highest BCUT2D eigenvalue weighted by Gasteiger charge is 2.14. The lowest BCUT2D eigenvalue weighted by Crippen LogP contribution is -1.97. The van der Waals surface area contributed by atoms with Crippen molar-refractivity contribution in [3.05, 3.63) is 114 Å². The molecule has 0 amide bonds. The summed E-state index contributed by atoms with van der Waals surface area (Å²) in [6.07, 6.45) is 0. The van der Waals surface area contributed by atoms with Gasteiger partial charge in [-0.15, -0.1) is 10.2 Å². The van der Waals surface area contributed by atoms with Crippen molar-refractivity contribution < 1.29 is 25.9 Å². The average Bonchev–Trinajstić information content (AvgIpc) is 3.03. The summed E-state index contributed by atoms with van der Waals surface area (Å²) in [5.74, 6) is 0. The second kappa shape index (κ2) is 12.4. The maximum Gasteiger partial charge on any atom is 0.294 e. The molecule has 11 nitrogen and oxygen atoms in total. The quantitative estimate of drug-likeness (QED) is 0.0852. The van der Waals surface area contributed by atoms with E-state index >= 15 is 0 Å². The Balaban J connectivity index is 1.25. The van der Waals surface area contributed by atoms with Crippen molar-refractivity contribution in [3.63, 3.8) is 0 Å². The predicted molar refractivity (Wildman–Crippen MR) is 186 cm³/mol. The number of fused-ring (bicyclic) bond motifs is 2. The molecule has 0 unspecified atom stereocenters. The van der Waals surface area contributed by atoms with Gasteiger partial charge in [0.25, 0.3) is 20.2 Å². The normalized spacial score (nSPS) is 12.5. The second-order valence-electron chi connectivity index (χ2n) is 11.4. The van der Waals surface area contributed by atoms with Crippen LogP contribution in [0.15, 0.2) is 127 Å². The zero-order valence-corrected chi connectivity index (χ0v) is 27.6. The van der Waals surface area contributed by atoms with Crippen LogP contribution in [0, 0.1) is 20.8 Å². The zero-order valence-electron chi connectivity index (χ0n) is 25.9. The first-order chi connectivity index (χ1) is 22.7. The van der Waals surface area contributed by atoms with Crippen LogP contribution in [0.1, 0.15) is 16.7 Å². The van der Waals surface area contributed by atoms with Crippen LogP contribution < -0.4 is 5.73 Å². The summed E-state index contributed by atoms with van der Waals surface area (Å²) < 4.78 is 65.1. The summed E-state index contributed by atoms with van der Waals surface area (Å²) in [6, 6.07) is 27.0. The smallest absolute Gasteiger partial charge is 0.294 e. The van der Waals surface area contributed by atoms with E-state index in [9.17, 15) is 25.9 Å². The van der Waals surface area contributed by atoms with E-state index in [1.165, 1.54) is 30.3 Å². The highest BCUT2D eigenvalue weighted by atomic mass is 32.2. The van der Waals surface area contributed by atoms with E-state index in [1.54, 1.807) is 24.3 Å². The van der Waals surface area contributed by atoms with Crippen LogP contribution in [0.25, 0.3) is 32.7 Å². The van der Waals surface area contributed by atoms with Gasteiger partial charge < -0.3 is 5.73 Å². The van der Waals surface area contributed by atoms with E-state index in [2.05, 4.69) is 20.5 Å². The largest absolute Gasteiger partial charge is 0.397 e. The van der Waals surface area contributed by atoms with Gasteiger partial charge in [-0.2, -0.15) is 27.1 Å². The first-order valence-corrected chi connectivity index (χ1v) is 17.4. The summed E-state index contributed by atoms with van der Waals surface area (Å²) >= 11 is 0. The summed E-state index contributed by atoms with van der Waals surface area (Å²) in [4.78, 5) is -0.410. The number of nitrogens with two attached hydrogens (primary N) is 1. The van der Waals surface area contributed by atoms with E-state index in [0.717, 1.165) is 27.8 Å². The van der Waals surface area contributed by atoms with Crippen LogP contribution in [0.2, 0.25) is 0 Å². The number of nitrogen functional groups attached to an aromatic ring is 1. The number of aryl methyl sites for hydroxylation is 3. The third kappa shape index (κ3) is 6.57. The molecular weight excluding hydrogens is 651 g/mol. The van der Waals surface area contributed by atoms with Gasteiger partial charge in [0.05, 0.1) is 32.5 Å². The van der Waals surface area contributed by atoms with Gasteiger partial charge >= 0.3 is 0 Å². The maximum atomic E-state index is 11.6. The van der Waals surface area contributed by atoms with Crippen LogP contribution in [0.5, 0.6) is 0 Å². The summed E-state index contributed by atoms with van der Waals surface area (Å²) in [5.41, 5.74) is 13.4. The molecule has 0 saturated heterocycles. The van der Waals surface area contributed by atoms with E-state index in [1.807, 2.05) is 63.2 Å². The van der Waals surface area contributed by atoms with Gasteiger partial charge in [-0.25, -0.2) is 0 Å². The van der Waals surface area contributed by atoms with Gasteiger partial charge in [0.15, 0.2) is 0 Å². The molecule has 242 valence electrons. The van der Waals surface area contributed by atoms with Gasteiger partial charge in [-0.3, -0.25) is 9.11 Å². The van der Waals surface area contributed by atoms with Crippen LogP contribution in [0.4, 0.5) is 28.4 Å². The number of benzene rings is 6. The molecule has 0 aromatic heterocycles. The lowest BCUT2D eigenvalue weighted by molar-refractivity contribution is 0.481. The molecule has 0 spiro atoms. The number of azo groups is 2. The van der Waals surface area contributed by atoms with Crippen molar-refractivity contribution in [3.8, 4) is 11.1 Å². The highest BCUT2D eigenvalue weighted by Crippen LogP contribution is 2.37. The van der Waals surface area contributed by atoms with E-state index in [0.29, 0.717) is 50.0 Å². The monoisotopic (exact) mass is 679 g/mol. The Bertz CT molecular complexity index is 2390. The molecule has 0 bridgehead atoms. The summed E-state index contributed by atoms with van der Waals surface area (Å²) in [6.45, 7) is 5.75. The lowest BCUT2D eigenvalue weighted by Gasteiger charge is -2.09. The number of rotatable bonds is 7. The Morgan fingerprint density at radius 2 is 0.958 bits per heavy atom. The molecule has 48 heavy (non-hydrogen) atoms. The fourth-order valence-electron chi connectivity index (χ4n) is 5.38. The number of hydrogen-bond donors (Lipinski definition) is 3. The Labute approximate surface area is 277 Å². The highest BCUT2D eigenvalue weighted by molar-refractivity contribution is 7.86. The van der Waals surface area contributed by atoms with Gasteiger partial charge in [0.2, 0.25) is 0 Å². The van der Waals surface area contributed by atoms with Gasteiger partial charge in [-0.1, -0.05) is 42.5 Å². The Morgan fingerprint density at radius 3 is 1.44 bits per heavy atom. The molecule has 0 aliphatic carbocycles. The zero-order chi connectivity index (χ0) is 34.4. The van der Waals surface area contributed by atoms with Crippen molar-refractivity contribution >= 4 is 70.2 Å². The van der Waals surface area contributed by atoms with Gasteiger partial charge in [0.1, 0.15) is 5.69 Å². The van der Waals surface area contributed by atoms with E-state index < -0.39 is 20.2 Å². The minimum Gasteiger partial charge on any atom is -0.397 e. The third-order valence-electron chi connectivity index (χ3n) is 8.00. The standard InChI is InChI=1S/C35H29N5O6S2/c1-20-4-5-25-18-27(47(41,42)43)9-11-29(25)34(20)39-37-32-14-7-23(16-21(32)2)24-8-15-33(22(3)17-24)38-40-35-30-12-10-28(48(44,45)46)19-26(30)6-13-31(35)36/h4-19H,36H2,1-3H3,(H,41,42,43)(H,44,45,46). The molecule has 6 rings (SSSR count). The van der Waals surface area contributed by atoms with Crippen molar-refractivity contribution in [1.29, 1.82) is 0 Å². The molecule has 13 heteroatoms. The Kier molecular flexibility index (Phi) is 8.39. The van der Waals surface area contributed by atoms with Crippen LogP contribution in [-0.4, -0.2) is 25.9 Å². The van der Waals surface area contributed by atoms with Crippen LogP contribution >= 0.6 is 0 Å². The lowest BCUT2D eigenvalue weighted by atomic mass is 10.00. The number of hydrogen-bond acceptors (Lipinski definition) is 9. The second-order valence-corrected chi connectivity index (χ2v) is 14.2. The molecule has 0 fully saturated rings. The molecule has 0 radical (unpaired) electrons. The van der Waals surface area contributed by atoms with E-state index in [4.69, 9.17) is 5.73 Å². The predicted octanol–water partition coefficient (Wildman–Crippen LogP) is 9.49. The van der Waals surface area contributed by atoms with E-state index in [-0.39, 0.29) is 9.79 Å². The molecule has 0 heterocycles. The van der Waals surface area contributed by atoms with Crippen LogP contribution in [-0.2, 0) is 20.2 Å². The topological polar surface area (TPSA) is 184 Å². The molecule has 0 atom stereocenters. The summed E-state index contributed by atoms with van der Waals surface area (Å²) in [7, 11) is -8.69. The third-order valence-corrected chi connectivity index (χ3v) is 9.70. The molecule has 0 aliphatic rings. The summed E-state index contributed by atoms with van der Waals surface area (Å²) in [5, 5.41) is 20.3. The molecule has 6 aromatic rings. The van der Waals surface area contributed by atoms with Gasteiger partial charge in [0, 0.05) is 10.8 Å². The number of nitrogens with zero attached hydrogens (tertiary/aromatic N) is 4. The average molecular weight is 680 g/mol. The van der Waals surface area contributed by atoms with Crippen molar-refractivity contribution in [1.82, 2.24) is 0 Å².